The van der Waals surface area contributed by atoms with E-state index >= 15 is 0 Å². The van der Waals surface area contributed by atoms with E-state index in [1.165, 1.54) is 17.8 Å². The molecule has 0 amide bonds. The van der Waals surface area contributed by atoms with Crippen LogP contribution in [0.4, 0.5) is 0 Å². The third-order valence-electron chi connectivity index (χ3n) is 3.49. The number of carboxylic acids is 1. The molecule has 2 aromatic carbocycles. The Balaban J connectivity index is 2.56. The Hall–Kier alpha value is -2.03. The van der Waals surface area contributed by atoms with Crippen LogP contribution in [0.2, 0.25) is 0 Å². The molecule has 140 valence electrons. The second kappa shape index (κ2) is 8.57. The number of benzene rings is 2. The van der Waals surface area contributed by atoms with Crippen molar-refractivity contribution in [2.75, 3.05) is 5.75 Å². The van der Waals surface area contributed by atoms with Crippen LogP contribution in [-0.2, 0) is 10.0 Å². The zero-order chi connectivity index (χ0) is 19.3. The fraction of sp³-hybridized carbons (Fsp3) is 0.278. The minimum Gasteiger partial charge on any atom is -0.478 e. The molecule has 26 heavy (non-hydrogen) atoms. The van der Waals surface area contributed by atoms with Crippen molar-refractivity contribution in [1.82, 2.24) is 0 Å². The van der Waals surface area contributed by atoms with Crippen molar-refractivity contribution in [3.05, 3.63) is 48.0 Å². The van der Waals surface area contributed by atoms with Gasteiger partial charge in [0.25, 0.3) is 0 Å². The number of carbonyl (C=O) groups is 1. The van der Waals surface area contributed by atoms with Crippen molar-refractivity contribution < 1.29 is 23.1 Å². The summed E-state index contributed by atoms with van der Waals surface area (Å²) in [5, 5.41) is 14.6. The number of hydrogen-bond acceptors (Lipinski definition) is 5. The molecule has 0 fully saturated rings. The van der Waals surface area contributed by atoms with Gasteiger partial charge in [0.2, 0.25) is 10.0 Å². The molecule has 2 aromatic rings. The van der Waals surface area contributed by atoms with E-state index in [1.807, 2.05) is 0 Å². The predicted molar refractivity (Wildman–Crippen MR) is 101 cm³/mol. The Bertz CT molecular complexity index is 880. The fourth-order valence-corrected chi connectivity index (χ4v) is 4.20. The molecular formula is C18H21NO5S2. The molecular weight excluding hydrogens is 374 g/mol. The molecule has 2 rings (SSSR count). The van der Waals surface area contributed by atoms with E-state index < -0.39 is 16.0 Å². The third-order valence-corrected chi connectivity index (χ3v) is 5.46. The van der Waals surface area contributed by atoms with Gasteiger partial charge in [0.1, 0.15) is 10.6 Å². The van der Waals surface area contributed by atoms with E-state index in [9.17, 15) is 18.3 Å². The molecule has 0 spiro atoms. The summed E-state index contributed by atoms with van der Waals surface area (Å²) in [6.45, 7) is 4.15. The monoisotopic (exact) mass is 395 g/mol. The summed E-state index contributed by atoms with van der Waals surface area (Å²) in [5.41, 5.74) is -0.151. The van der Waals surface area contributed by atoms with Gasteiger partial charge >= 0.3 is 5.97 Å². The molecule has 8 heteroatoms. The molecule has 0 heterocycles. The average molecular weight is 396 g/mol. The normalized spacial score (nSPS) is 11.5. The number of rotatable bonds is 8. The third kappa shape index (κ3) is 5.48. The van der Waals surface area contributed by atoms with Gasteiger partial charge in [-0.05, 0) is 42.4 Å². The number of thioether (sulfide) groups is 1. The molecule has 0 saturated carbocycles. The standard InChI is InChI=1S/C18H21NO5S2/c1-12(2)8-9-25-15-10-13(18(20)21)11-16(26(19,22)23)17(15)24-14-6-4-3-5-7-14/h3-7,10-12H,8-9H2,1-2H3,(H,20,21)(H2,19,22,23). The number of hydrogen-bond donors (Lipinski definition) is 2. The smallest absolute Gasteiger partial charge is 0.335 e. The predicted octanol–water partition coefficient (Wildman–Crippen LogP) is 3.96. The van der Waals surface area contributed by atoms with Crippen LogP contribution in [-0.4, -0.2) is 25.2 Å². The molecule has 0 bridgehead atoms. The van der Waals surface area contributed by atoms with Gasteiger partial charge in [-0.15, -0.1) is 11.8 Å². The Kier molecular flexibility index (Phi) is 6.69. The molecule has 0 aromatic heterocycles. The number of aromatic carboxylic acids is 1. The van der Waals surface area contributed by atoms with Crippen LogP contribution in [0.15, 0.2) is 52.3 Å². The van der Waals surface area contributed by atoms with E-state index in [-0.39, 0.29) is 16.2 Å². The summed E-state index contributed by atoms with van der Waals surface area (Å²) in [4.78, 5) is 11.5. The van der Waals surface area contributed by atoms with E-state index in [4.69, 9.17) is 9.88 Å². The van der Waals surface area contributed by atoms with Crippen LogP contribution in [0.5, 0.6) is 11.5 Å². The zero-order valence-electron chi connectivity index (χ0n) is 14.5. The second-order valence-electron chi connectivity index (χ2n) is 6.10. The van der Waals surface area contributed by atoms with Crippen molar-refractivity contribution in [1.29, 1.82) is 0 Å². The number of para-hydroxylation sites is 1. The number of ether oxygens (including phenoxy) is 1. The highest BCUT2D eigenvalue weighted by molar-refractivity contribution is 7.99. The van der Waals surface area contributed by atoms with Gasteiger partial charge in [0.05, 0.1) is 10.5 Å². The lowest BCUT2D eigenvalue weighted by molar-refractivity contribution is 0.0696. The van der Waals surface area contributed by atoms with Crippen LogP contribution in [0.25, 0.3) is 0 Å². The van der Waals surface area contributed by atoms with Crippen LogP contribution >= 0.6 is 11.8 Å². The van der Waals surface area contributed by atoms with Crippen LogP contribution in [0, 0.1) is 5.92 Å². The lowest BCUT2D eigenvalue weighted by Gasteiger charge is -2.16. The summed E-state index contributed by atoms with van der Waals surface area (Å²) in [5.74, 6) is 0.410. The van der Waals surface area contributed by atoms with Gasteiger partial charge in [-0.2, -0.15) is 0 Å². The Morgan fingerprint density at radius 1 is 1.23 bits per heavy atom. The SMILES string of the molecule is CC(C)CCSc1cc(C(=O)O)cc(S(N)(=O)=O)c1Oc1ccccc1. The molecule has 0 saturated heterocycles. The Morgan fingerprint density at radius 3 is 2.42 bits per heavy atom. The summed E-state index contributed by atoms with van der Waals surface area (Å²) >= 11 is 1.35. The van der Waals surface area contributed by atoms with Crippen molar-refractivity contribution in [2.45, 2.75) is 30.1 Å². The molecule has 3 N–H and O–H groups in total. The summed E-state index contributed by atoms with van der Waals surface area (Å²) < 4.78 is 29.9. The fourth-order valence-electron chi connectivity index (χ4n) is 2.13. The van der Waals surface area contributed by atoms with Crippen molar-refractivity contribution in [2.24, 2.45) is 11.1 Å². The van der Waals surface area contributed by atoms with Crippen LogP contribution in [0.3, 0.4) is 0 Å². The van der Waals surface area contributed by atoms with Crippen molar-refractivity contribution in [3.63, 3.8) is 0 Å². The first-order valence-corrected chi connectivity index (χ1v) is 10.5. The van der Waals surface area contributed by atoms with Gasteiger partial charge in [-0.3, -0.25) is 0 Å². The van der Waals surface area contributed by atoms with Crippen LogP contribution < -0.4 is 9.88 Å². The quantitative estimate of drug-likeness (QED) is 0.655. The van der Waals surface area contributed by atoms with E-state index in [1.54, 1.807) is 30.3 Å². The van der Waals surface area contributed by atoms with Crippen LogP contribution in [0.1, 0.15) is 30.6 Å². The maximum Gasteiger partial charge on any atom is 0.335 e. The summed E-state index contributed by atoms with van der Waals surface area (Å²) in [7, 11) is -4.18. The molecule has 0 radical (unpaired) electrons. The summed E-state index contributed by atoms with van der Waals surface area (Å²) in [6, 6.07) is 11.1. The van der Waals surface area contributed by atoms with Gasteiger partial charge in [-0.25, -0.2) is 18.4 Å². The topological polar surface area (TPSA) is 107 Å². The molecule has 0 aliphatic rings. The first-order chi connectivity index (χ1) is 12.2. The Morgan fingerprint density at radius 2 is 1.88 bits per heavy atom. The lowest BCUT2D eigenvalue weighted by Crippen LogP contribution is -2.15. The number of primary sulfonamides is 1. The highest BCUT2D eigenvalue weighted by Crippen LogP contribution is 2.39. The van der Waals surface area contributed by atoms with Gasteiger partial charge in [-0.1, -0.05) is 32.0 Å². The second-order valence-corrected chi connectivity index (χ2v) is 8.76. The molecule has 0 aliphatic carbocycles. The van der Waals surface area contributed by atoms with Gasteiger partial charge in [0.15, 0.2) is 5.75 Å². The summed E-state index contributed by atoms with van der Waals surface area (Å²) in [6.07, 6.45) is 0.886. The number of carboxylic acid groups (broad SMARTS) is 1. The van der Waals surface area contributed by atoms with Crippen molar-refractivity contribution >= 4 is 27.8 Å². The van der Waals surface area contributed by atoms with Crippen molar-refractivity contribution in [3.8, 4) is 11.5 Å². The number of nitrogens with two attached hydrogens (primary N) is 1. The zero-order valence-corrected chi connectivity index (χ0v) is 16.1. The maximum absolute atomic E-state index is 12.0. The Labute approximate surface area is 157 Å². The van der Waals surface area contributed by atoms with Gasteiger partial charge < -0.3 is 9.84 Å². The largest absolute Gasteiger partial charge is 0.478 e. The molecule has 0 unspecified atom stereocenters. The molecule has 0 aliphatic heterocycles. The molecule has 0 atom stereocenters. The van der Waals surface area contributed by atoms with E-state index in [2.05, 4.69) is 13.8 Å². The minimum absolute atomic E-state index is 0.0532. The average Bonchev–Trinajstić information content (AvgIpc) is 2.55. The van der Waals surface area contributed by atoms with E-state index in [0.29, 0.717) is 22.3 Å². The lowest BCUT2D eigenvalue weighted by atomic mass is 10.2. The first-order valence-electron chi connectivity index (χ1n) is 7.98. The van der Waals surface area contributed by atoms with Gasteiger partial charge in [0, 0.05) is 0 Å². The highest BCUT2D eigenvalue weighted by atomic mass is 32.2. The van der Waals surface area contributed by atoms with E-state index in [0.717, 1.165) is 12.5 Å². The highest BCUT2D eigenvalue weighted by Gasteiger charge is 2.23. The molecule has 6 nitrogen and oxygen atoms in total. The minimum atomic E-state index is -4.18. The first kappa shape index (κ1) is 20.3. The maximum atomic E-state index is 12.0. The number of sulfonamides is 1.